The molecule has 0 bridgehead atoms. The summed E-state index contributed by atoms with van der Waals surface area (Å²) in [5, 5.41) is 20.6. The SMILES string of the molecule is COc1c(OCCCCCCC(=O)O)cc2c(c1OC)C1=C(CCC1)/C(=N/NC(=N)N)CC2. The summed E-state index contributed by atoms with van der Waals surface area (Å²) in [5.74, 6) is 0.993. The molecule has 33 heavy (non-hydrogen) atoms. The van der Waals surface area contributed by atoms with Crippen molar-refractivity contribution in [2.45, 2.75) is 64.2 Å². The second-order valence-electron chi connectivity index (χ2n) is 8.28. The summed E-state index contributed by atoms with van der Waals surface area (Å²) < 4.78 is 17.7. The van der Waals surface area contributed by atoms with Crippen molar-refractivity contribution in [1.29, 1.82) is 5.41 Å². The highest BCUT2D eigenvalue weighted by Crippen LogP contribution is 2.50. The van der Waals surface area contributed by atoms with Crippen LogP contribution in [0.2, 0.25) is 0 Å². The molecule has 1 aromatic carbocycles. The Morgan fingerprint density at radius 3 is 2.52 bits per heavy atom. The van der Waals surface area contributed by atoms with Crippen LogP contribution in [0.4, 0.5) is 0 Å². The first-order valence-electron chi connectivity index (χ1n) is 11.5. The van der Waals surface area contributed by atoms with Crippen LogP contribution in [-0.2, 0) is 11.2 Å². The van der Waals surface area contributed by atoms with E-state index in [0.29, 0.717) is 30.3 Å². The van der Waals surface area contributed by atoms with E-state index in [1.165, 1.54) is 11.1 Å². The molecule has 0 saturated carbocycles. The van der Waals surface area contributed by atoms with Gasteiger partial charge in [0.15, 0.2) is 11.5 Å². The average Bonchev–Trinajstić information content (AvgIpc) is 3.21. The predicted molar refractivity (Wildman–Crippen MR) is 127 cm³/mol. The summed E-state index contributed by atoms with van der Waals surface area (Å²) in [6.45, 7) is 0.522. The highest BCUT2D eigenvalue weighted by Gasteiger charge is 2.31. The topological polar surface area (TPSA) is 139 Å². The van der Waals surface area contributed by atoms with Crippen molar-refractivity contribution in [3.63, 3.8) is 0 Å². The van der Waals surface area contributed by atoms with Gasteiger partial charge in [-0.1, -0.05) is 12.8 Å². The van der Waals surface area contributed by atoms with Crippen LogP contribution in [0.5, 0.6) is 17.2 Å². The van der Waals surface area contributed by atoms with Crippen molar-refractivity contribution < 1.29 is 24.1 Å². The van der Waals surface area contributed by atoms with Gasteiger partial charge < -0.3 is 25.1 Å². The number of guanidine groups is 1. The number of aliphatic carboxylic acids is 1. The van der Waals surface area contributed by atoms with Gasteiger partial charge in [-0.25, -0.2) is 5.43 Å². The number of nitrogens with zero attached hydrogens (tertiary/aromatic N) is 1. The Balaban J connectivity index is 1.83. The van der Waals surface area contributed by atoms with Crippen LogP contribution in [0.1, 0.15) is 68.9 Å². The molecule has 2 aliphatic rings. The fourth-order valence-electron chi connectivity index (χ4n) is 4.60. The second kappa shape index (κ2) is 11.6. The molecule has 9 heteroatoms. The molecule has 0 saturated heterocycles. The molecule has 2 aliphatic carbocycles. The molecule has 0 fully saturated rings. The standard InChI is InChI=1S/C24H34N4O5/c1-31-22-19(33-13-6-4-3-5-10-20(29)30)14-15-11-12-18(27-28-24(25)26)16-8-7-9-17(16)21(15)23(22)32-2/h14H,3-13H2,1-2H3,(H,29,30)(H4,25,26,28)/b27-18+. The van der Waals surface area contributed by atoms with Crippen molar-refractivity contribution in [1.82, 2.24) is 5.43 Å². The summed E-state index contributed by atoms with van der Waals surface area (Å²) in [7, 11) is 3.27. The second-order valence-corrected chi connectivity index (χ2v) is 8.28. The van der Waals surface area contributed by atoms with E-state index in [0.717, 1.165) is 68.2 Å². The molecule has 180 valence electrons. The summed E-state index contributed by atoms with van der Waals surface area (Å²) in [6.07, 6.45) is 7.89. The van der Waals surface area contributed by atoms with E-state index >= 15 is 0 Å². The van der Waals surface area contributed by atoms with Crippen LogP contribution in [-0.4, -0.2) is 43.6 Å². The predicted octanol–water partition coefficient (Wildman–Crippen LogP) is 3.84. The van der Waals surface area contributed by atoms with Crippen LogP contribution in [0.25, 0.3) is 5.57 Å². The molecule has 0 aromatic heterocycles. The Morgan fingerprint density at radius 2 is 1.82 bits per heavy atom. The third-order valence-corrected chi connectivity index (χ3v) is 6.04. The molecule has 1 aromatic rings. The molecule has 0 unspecified atom stereocenters. The minimum absolute atomic E-state index is 0.178. The molecule has 0 atom stereocenters. The number of carbonyl (C=O) groups is 1. The molecule has 0 radical (unpaired) electrons. The number of ether oxygens (including phenoxy) is 3. The van der Waals surface area contributed by atoms with E-state index < -0.39 is 5.97 Å². The van der Waals surface area contributed by atoms with Crippen LogP contribution in [0, 0.1) is 5.41 Å². The van der Waals surface area contributed by atoms with Gasteiger partial charge in [0.25, 0.3) is 0 Å². The molecule has 0 heterocycles. The van der Waals surface area contributed by atoms with Crippen LogP contribution >= 0.6 is 0 Å². The quantitative estimate of drug-likeness (QED) is 0.171. The maximum atomic E-state index is 10.6. The number of rotatable bonds is 11. The minimum Gasteiger partial charge on any atom is -0.492 e. The zero-order chi connectivity index (χ0) is 23.8. The maximum absolute atomic E-state index is 10.6. The number of methoxy groups -OCH3 is 2. The average molecular weight is 459 g/mol. The van der Waals surface area contributed by atoms with Gasteiger partial charge >= 0.3 is 5.97 Å². The first-order chi connectivity index (χ1) is 16.0. The third kappa shape index (κ3) is 5.97. The summed E-state index contributed by atoms with van der Waals surface area (Å²) in [4.78, 5) is 10.6. The number of nitrogens with two attached hydrogens (primary N) is 1. The molecule has 3 rings (SSSR count). The maximum Gasteiger partial charge on any atom is 0.303 e. The molecular weight excluding hydrogens is 424 g/mol. The molecule has 5 N–H and O–H groups in total. The van der Waals surface area contributed by atoms with Crippen LogP contribution < -0.4 is 25.4 Å². The lowest BCUT2D eigenvalue weighted by Gasteiger charge is -2.20. The van der Waals surface area contributed by atoms with Crippen molar-refractivity contribution in [3.8, 4) is 17.2 Å². The first kappa shape index (κ1) is 24.4. The summed E-state index contributed by atoms with van der Waals surface area (Å²) >= 11 is 0. The molecule has 0 aliphatic heterocycles. The van der Waals surface area contributed by atoms with Crippen molar-refractivity contribution >= 4 is 23.2 Å². The minimum atomic E-state index is -0.751. The van der Waals surface area contributed by atoms with E-state index in [1.54, 1.807) is 14.2 Å². The molecule has 0 spiro atoms. The van der Waals surface area contributed by atoms with Gasteiger partial charge in [-0.05, 0) is 67.7 Å². The van der Waals surface area contributed by atoms with Gasteiger partial charge in [-0.2, -0.15) is 5.10 Å². The Hall–Kier alpha value is -3.23. The normalized spacial score (nSPS) is 16.1. The summed E-state index contributed by atoms with van der Waals surface area (Å²) in [5.41, 5.74) is 13.6. The van der Waals surface area contributed by atoms with Crippen LogP contribution in [0.3, 0.4) is 0 Å². The largest absolute Gasteiger partial charge is 0.492 e. The fraction of sp³-hybridized carbons (Fsp3) is 0.542. The molecule has 9 nitrogen and oxygen atoms in total. The lowest BCUT2D eigenvalue weighted by Crippen LogP contribution is -2.27. The number of benzene rings is 1. The van der Waals surface area contributed by atoms with Gasteiger partial charge in [0.1, 0.15) is 0 Å². The number of carboxylic acids is 1. The number of hydrogen-bond donors (Lipinski definition) is 4. The van der Waals surface area contributed by atoms with E-state index in [1.807, 2.05) is 6.07 Å². The van der Waals surface area contributed by atoms with Crippen molar-refractivity contribution in [2.24, 2.45) is 10.8 Å². The number of aryl methyl sites for hydroxylation is 1. The number of carboxylic acid groups (broad SMARTS) is 1. The van der Waals surface area contributed by atoms with E-state index in [2.05, 4.69) is 10.5 Å². The zero-order valence-electron chi connectivity index (χ0n) is 19.5. The van der Waals surface area contributed by atoms with Crippen molar-refractivity contribution in [2.75, 3.05) is 20.8 Å². The number of hydrazone groups is 1. The lowest BCUT2D eigenvalue weighted by molar-refractivity contribution is -0.137. The lowest BCUT2D eigenvalue weighted by atomic mass is 9.95. The number of hydrogen-bond acceptors (Lipinski definition) is 6. The van der Waals surface area contributed by atoms with Gasteiger partial charge in [0, 0.05) is 12.0 Å². The monoisotopic (exact) mass is 458 g/mol. The van der Waals surface area contributed by atoms with Gasteiger partial charge in [-0.15, -0.1) is 0 Å². The third-order valence-electron chi connectivity index (χ3n) is 6.04. The Kier molecular flexibility index (Phi) is 8.57. The Morgan fingerprint density at radius 1 is 1.09 bits per heavy atom. The van der Waals surface area contributed by atoms with Gasteiger partial charge in [-0.3, -0.25) is 10.2 Å². The Bertz CT molecular complexity index is 955. The van der Waals surface area contributed by atoms with Crippen LogP contribution in [0.15, 0.2) is 16.7 Å². The zero-order valence-corrected chi connectivity index (χ0v) is 19.5. The highest BCUT2D eigenvalue weighted by atomic mass is 16.5. The molecular formula is C24H34N4O5. The van der Waals surface area contributed by atoms with E-state index in [9.17, 15) is 4.79 Å². The number of unbranched alkanes of at least 4 members (excludes halogenated alkanes) is 3. The number of nitrogens with one attached hydrogen (secondary N) is 2. The fourth-order valence-corrected chi connectivity index (χ4v) is 4.60. The molecule has 0 amide bonds. The smallest absolute Gasteiger partial charge is 0.303 e. The van der Waals surface area contributed by atoms with Gasteiger partial charge in [0.2, 0.25) is 11.7 Å². The number of allylic oxidation sites excluding steroid dienone is 2. The van der Waals surface area contributed by atoms with Gasteiger partial charge in [0.05, 0.1) is 26.5 Å². The van der Waals surface area contributed by atoms with Crippen molar-refractivity contribution in [3.05, 3.63) is 22.8 Å². The highest BCUT2D eigenvalue weighted by molar-refractivity contribution is 6.09. The Labute approximate surface area is 194 Å². The summed E-state index contributed by atoms with van der Waals surface area (Å²) in [6, 6.07) is 2.05. The first-order valence-corrected chi connectivity index (χ1v) is 11.5. The van der Waals surface area contributed by atoms with E-state index in [-0.39, 0.29) is 12.4 Å². The van der Waals surface area contributed by atoms with E-state index in [4.69, 9.17) is 30.5 Å². The number of fused-ring (bicyclic) bond motifs is 2.